The van der Waals surface area contributed by atoms with Gasteiger partial charge in [0.25, 0.3) is 0 Å². The number of amides is 1. The first-order chi connectivity index (χ1) is 12.5. The Morgan fingerprint density at radius 1 is 1.38 bits per heavy atom. The summed E-state index contributed by atoms with van der Waals surface area (Å²) in [7, 11) is 0. The Bertz CT molecular complexity index is 815. The highest BCUT2D eigenvalue weighted by Crippen LogP contribution is 2.30. The zero-order valence-corrected chi connectivity index (χ0v) is 16.0. The lowest BCUT2D eigenvalue weighted by molar-refractivity contribution is -0.143. The number of anilines is 1. The molecule has 0 fully saturated rings. The fourth-order valence-electron chi connectivity index (χ4n) is 3.33. The second-order valence-corrected chi connectivity index (χ2v) is 7.19. The molecule has 1 aromatic rings. The third-order valence-corrected chi connectivity index (χ3v) is 5.45. The van der Waals surface area contributed by atoms with E-state index in [1.807, 2.05) is 43.5 Å². The second kappa shape index (κ2) is 7.50. The zero-order chi connectivity index (χ0) is 18.7. The molecule has 0 spiro atoms. The monoisotopic (exact) mass is 369 g/mol. The topological polar surface area (TPSA) is 61.8 Å². The summed E-state index contributed by atoms with van der Waals surface area (Å²) in [6.45, 7) is 4.05. The minimum atomic E-state index is -1.03. The number of nitrogens with zero attached hydrogens (tertiary/aromatic N) is 2. The van der Waals surface area contributed by atoms with Gasteiger partial charge in [-0.2, -0.15) is 0 Å². The highest BCUT2D eigenvalue weighted by Gasteiger charge is 2.43. The van der Waals surface area contributed by atoms with E-state index in [0.717, 1.165) is 16.3 Å². The molecule has 3 rings (SSSR count). The Morgan fingerprint density at radius 2 is 2.15 bits per heavy atom. The van der Waals surface area contributed by atoms with Crippen molar-refractivity contribution < 1.29 is 9.59 Å². The number of benzene rings is 1. The molecule has 2 atom stereocenters. The van der Waals surface area contributed by atoms with Gasteiger partial charge in [-0.3, -0.25) is 14.6 Å². The summed E-state index contributed by atoms with van der Waals surface area (Å²) in [4.78, 5) is 32.0. The van der Waals surface area contributed by atoms with E-state index in [0.29, 0.717) is 13.0 Å². The van der Waals surface area contributed by atoms with Crippen LogP contribution in [0.4, 0.5) is 5.69 Å². The molecule has 136 valence electrons. The number of carbonyl (C=O) groups excluding carboxylic acids is 2. The molecule has 5 nitrogen and oxygen atoms in total. The molecule has 0 radical (unpaired) electrons. The maximum Gasteiger partial charge on any atom is 0.225 e. The van der Waals surface area contributed by atoms with Gasteiger partial charge in [0, 0.05) is 17.7 Å². The molecular weight excluding hydrogens is 346 g/mol. The van der Waals surface area contributed by atoms with Crippen molar-refractivity contribution in [1.82, 2.24) is 4.90 Å². The fraction of sp³-hybridized carbons (Fsp3) is 0.350. The van der Waals surface area contributed by atoms with Crippen LogP contribution in [0, 0.1) is 0 Å². The van der Waals surface area contributed by atoms with E-state index in [1.165, 1.54) is 6.08 Å². The number of rotatable bonds is 3. The summed E-state index contributed by atoms with van der Waals surface area (Å²) in [6, 6.07) is 7.97. The number of nitrogens with one attached hydrogen (secondary N) is 1. The van der Waals surface area contributed by atoms with Crippen molar-refractivity contribution >= 4 is 34.2 Å². The number of ketones is 1. The van der Waals surface area contributed by atoms with Crippen molar-refractivity contribution in [3.63, 3.8) is 0 Å². The average molecular weight is 369 g/mol. The molecule has 1 aliphatic heterocycles. The predicted octanol–water partition coefficient (Wildman–Crippen LogP) is 3.24. The quantitative estimate of drug-likeness (QED) is 0.888. The van der Waals surface area contributed by atoms with Crippen molar-refractivity contribution in [2.75, 3.05) is 18.1 Å². The van der Waals surface area contributed by atoms with Crippen molar-refractivity contribution in [2.24, 2.45) is 4.99 Å². The number of allylic oxidation sites excluding steroid dienone is 2. The average Bonchev–Trinajstić information content (AvgIpc) is 2.84. The normalized spacial score (nSPS) is 24.3. The maximum absolute atomic E-state index is 12.9. The van der Waals surface area contributed by atoms with E-state index >= 15 is 0 Å². The molecule has 6 heteroatoms. The molecule has 0 aromatic heterocycles. The van der Waals surface area contributed by atoms with Crippen LogP contribution in [-0.2, 0) is 9.59 Å². The molecule has 0 saturated carbocycles. The van der Waals surface area contributed by atoms with Crippen molar-refractivity contribution in [2.45, 2.75) is 32.0 Å². The van der Waals surface area contributed by atoms with Crippen LogP contribution in [0.2, 0.25) is 0 Å². The van der Waals surface area contributed by atoms with E-state index < -0.39 is 11.7 Å². The van der Waals surface area contributed by atoms with E-state index in [4.69, 9.17) is 4.99 Å². The highest BCUT2D eigenvalue weighted by atomic mass is 32.2. The van der Waals surface area contributed by atoms with Gasteiger partial charge in [-0.05, 0) is 25.3 Å². The van der Waals surface area contributed by atoms with Gasteiger partial charge in [0.1, 0.15) is 16.7 Å². The smallest absolute Gasteiger partial charge is 0.225 e. The first-order valence-electron chi connectivity index (χ1n) is 8.69. The molecule has 1 amide bonds. The van der Waals surface area contributed by atoms with Gasteiger partial charge < -0.3 is 10.2 Å². The number of para-hydroxylation sites is 1. The fourth-order valence-corrected chi connectivity index (χ4v) is 3.95. The maximum atomic E-state index is 12.9. The van der Waals surface area contributed by atoms with Crippen LogP contribution in [0.15, 0.2) is 53.6 Å². The largest absolute Gasteiger partial charge is 0.380 e. The summed E-state index contributed by atoms with van der Waals surface area (Å²) >= 11 is 1.54. The number of carbonyl (C=O) groups is 2. The van der Waals surface area contributed by atoms with Gasteiger partial charge in [0.05, 0.1) is 6.54 Å². The minimum absolute atomic E-state index is 0.0947. The third kappa shape index (κ3) is 3.21. The zero-order valence-electron chi connectivity index (χ0n) is 15.2. The van der Waals surface area contributed by atoms with Crippen LogP contribution in [0.5, 0.6) is 0 Å². The summed E-state index contributed by atoms with van der Waals surface area (Å²) in [6.07, 6.45) is 8.64. The Labute approximate surface area is 158 Å². The Kier molecular flexibility index (Phi) is 5.32. The van der Waals surface area contributed by atoms with Crippen LogP contribution in [0.1, 0.15) is 25.8 Å². The van der Waals surface area contributed by atoms with E-state index in [1.54, 1.807) is 35.7 Å². The van der Waals surface area contributed by atoms with Crippen molar-refractivity contribution in [3.05, 3.63) is 54.1 Å². The first kappa shape index (κ1) is 18.5. The van der Waals surface area contributed by atoms with Crippen LogP contribution in [-0.4, -0.2) is 46.1 Å². The Morgan fingerprint density at radius 3 is 2.85 bits per heavy atom. The number of benzodiazepines with no additional fused rings is 1. The number of fused-ring (bicyclic) bond motifs is 1. The van der Waals surface area contributed by atoms with E-state index in [9.17, 15) is 9.59 Å². The number of hydrogen-bond acceptors (Lipinski definition) is 5. The molecule has 0 saturated heterocycles. The van der Waals surface area contributed by atoms with Gasteiger partial charge in [-0.1, -0.05) is 43.4 Å². The molecule has 1 aromatic carbocycles. The Hall–Kier alpha value is -2.34. The van der Waals surface area contributed by atoms with Crippen molar-refractivity contribution in [1.29, 1.82) is 0 Å². The lowest BCUT2D eigenvalue weighted by Gasteiger charge is -2.41. The number of hydrogen-bond donors (Lipinski definition) is 1. The molecule has 1 unspecified atom stereocenters. The molecule has 0 bridgehead atoms. The molecule has 1 N–H and O–H groups in total. The first-order valence-corrected chi connectivity index (χ1v) is 9.91. The van der Waals surface area contributed by atoms with Crippen LogP contribution < -0.4 is 5.32 Å². The highest BCUT2D eigenvalue weighted by molar-refractivity contribution is 8.13. The van der Waals surface area contributed by atoms with Crippen LogP contribution >= 0.6 is 11.8 Å². The summed E-state index contributed by atoms with van der Waals surface area (Å²) < 4.78 is 0. The summed E-state index contributed by atoms with van der Waals surface area (Å²) in [5, 5.41) is 4.25. The second-order valence-electron chi connectivity index (χ2n) is 6.39. The number of thioether (sulfide) groups is 1. The van der Waals surface area contributed by atoms with Gasteiger partial charge in [-0.15, -0.1) is 11.8 Å². The lowest BCUT2D eigenvalue weighted by atomic mass is 9.89. The number of aliphatic imine (C=N–C) groups is 1. The Balaban J connectivity index is 2.06. The van der Waals surface area contributed by atoms with Gasteiger partial charge >= 0.3 is 0 Å². The van der Waals surface area contributed by atoms with Crippen molar-refractivity contribution in [3.8, 4) is 0 Å². The van der Waals surface area contributed by atoms with E-state index in [2.05, 4.69) is 5.32 Å². The molecule has 1 aliphatic carbocycles. The third-order valence-electron chi connectivity index (χ3n) is 4.74. The lowest BCUT2D eigenvalue weighted by Crippen LogP contribution is -2.59. The minimum Gasteiger partial charge on any atom is -0.380 e. The van der Waals surface area contributed by atoms with Gasteiger partial charge in [0.2, 0.25) is 5.91 Å². The van der Waals surface area contributed by atoms with Gasteiger partial charge in [-0.25, -0.2) is 0 Å². The SMILES string of the molecule is CCC(=O)N([C@H]1CNc2ccccc2C(SC)=N1)C1(C)C=CC=CC1=O. The standard InChI is InChI=1S/C20H23N3O2S/c1-4-18(25)23(20(2)12-8-7-11-16(20)24)17-13-21-15-10-6-5-9-14(15)19(22-17)26-3/h5-12,17,21H,4,13H2,1-3H3/t17-,20?/m0/s1. The summed E-state index contributed by atoms with van der Waals surface area (Å²) in [5.74, 6) is -0.202. The molecule has 26 heavy (non-hydrogen) atoms. The van der Waals surface area contributed by atoms with Gasteiger partial charge in [0.15, 0.2) is 5.78 Å². The summed E-state index contributed by atoms with van der Waals surface area (Å²) in [5.41, 5.74) is 0.974. The molecular formula is C20H23N3O2S. The van der Waals surface area contributed by atoms with Crippen LogP contribution in [0.3, 0.4) is 0 Å². The molecule has 1 heterocycles. The molecule has 2 aliphatic rings. The van der Waals surface area contributed by atoms with E-state index in [-0.39, 0.29) is 11.7 Å². The predicted molar refractivity (Wildman–Crippen MR) is 108 cm³/mol. The van der Waals surface area contributed by atoms with Crippen LogP contribution in [0.25, 0.3) is 0 Å².